The molecule has 0 aromatic heterocycles. The van der Waals surface area contributed by atoms with Gasteiger partial charge in [0.05, 0.1) is 46.5 Å². The Balaban J connectivity index is 1.64. The first-order valence-corrected chi connectivity index (χ1v) is 16.1. The van der Waals surface area contributed by atoms with Crippen LogP contribution in [0.5, 0.6) is 0 Å². The number of para-hydroxylation sites is 1. The zero-order chi connectivity index (χ0) is 30.9. The van der Waals surface area contributed by atoms with Gasteiger partial charge >= 0.3 is 5.97 Å². The molecular weight excluding hydrogens is 584 g/mol. The van der Waals surface area contributed by atoms with Gasteiger partial charge in [-0.3, -0.25) is 14.4 Å². The summed E-state index contributed by atoms with van der Waals surface area (Å²) in [6.45, 7) is 11.6. The molecule has 3 aliphatic heterocycles. The number of fused-ring (bicyclic) bond motifs is 1. The Morgan fingerprint density at radius 1 is 1.21 bits per heavy atom. The van der Waals surface area contributed by atoms with E-state index >= 15 is 4.79 Å². The number of carbonyl (C=O) groups excluding carboxylic acids is 3. The fourth-order valence-electron chi connectivity index (χ4n) is 7.41. The van der Waals surface area contributed by atoms with Crippen LogP contribution in [-0.2, 0) is 25.5 Å². The quantitative estimate of drug-likeness (QED) is 0.198. The zero-order valence-corrected chi connectivity index (χ0v) is 26.2. The molecule has 2 amide bonds. The summed E-state index contributed by atoms with van der Waals surface area (Å²) in [6.07, 6.45) is 4.89. The molecule has 7 nitrogen and oxygen atoms in total. The number of anilines is 1. The van der Waals surface area contributed by atoms with Gasteiger partial charge in [-0.2, -0.15) is 0 Å². The number of esters is 1. The maximum atomic E-state index is 15.0. The Morgan fingerprint density at radius 2 is 1.95 bits per heavy atom. The van der Waals surface area contributed by atoms with E-state index in [1.807, 2.05) is 49.4 Å². The number of rotatable bonds is 12. The number of aliphatic hydroxyl groups excluding tert-OH is 1. The van der Waals surface area contributed by atoms with Crippen molar-refractivity contribution in [3.05, 3.63) is 90.0 Å². The number of aryl methyl sites for hydroxylation is 1. The molecule has 1 N–H and O–H groups in total. The second kappa shape index (κ2) is 12.9. The average molecular weight is 623 g/mol. The number of halogens is 1. The summed E-state index contributed by atoms with van der Waals surface area (Å²) < 4.78 is 4.76. The van der Waals surface area contributed by atoms with E-state index in [4.69, 9.17) is 16.3 Å². The van der Waals surface area contributed by atoms with Gasteiger partial charge in [0.15, 0.2) is 0 Å². The van der Waals surface area contributed by atoms with Crippen molar-refractivity contribution in [3.8, 4) is 0 Å². The molecule has 0 radical (unpaired) electrons. The van der Waals surface area contributed by atoms with Gasteiger partial charge in [0.2, 0.25) is 5.91 Å². The van der Waals surface area contributed by atoms with Crippen LogP contribution in [0.3, 0.4) is 0 Å². The third kappa shape index (κ3) is 5.32. The first-order chi connectivity index (χ1) is 20.7. The van der Waals surface area contributed by atoms with Gasteiger partial charge in [-0.25, -0.2) is 0 Å². The van der Waals surface area contributed by atoms with Gasteiger partial charge in [-0.1, -0.05) is 73.1 Å². The van der Waals surface area contributed by atoms with E-state index < -0.39 is 34.6 Å². The average Bonchev–Trinajstić information content (AvgIpc) is 3.59. The summed E-state index contributed by atoms with van der Waals surface area (Å²) in [5, 5.41) is 11.0. The molecule has 2 aromatic rings. The number of amides is 2. The number of carbonyl (C=O) groups is 3. The summed E-state index contributed by atoms with van der Waals surface area (Å²) >= 11 is 8.27. The number of hydrogen-bond donors (Lipinski definition) is 1. The van der Waals surface area contributed by atoms with Crippen LogP contribution in [0.15, 0.2) is 73.8 Å². The zero-order valence-electron chi connectivity index (χ0n) is 24.7. The van der Waals surface area contributed by atoms with Gasteiger partial charge in [-0.15, -0.1) is 24.9 Å². The highest BCUT2D eigenvalue weighted by Gasteiger charge is 2.77. The molecule has 0 saturated carbocycles. The normalized spacial score (nSPS) is 28.0. The van der Waals surface area contributed by atoms with Crippen molar-refractivity contribution >= 4 is 46.8 Å². The van der Waals surface area contributed by atoms with Crippen LogP contribution < -0.4 is 4.90 Å². The van der Waals surface area contributed by atoms with E-state index in [0.717, 1.165) is 11.1 Å². The summed E-state index contributed by atoms with van der Waals surface area (Å²) in [6, 6.07) is 13.5. The van der Waals surface area contributed by atoms with E-state index in [1.54, 1.807) is 39.8 Å². The van der Waals surface area contributed by atoms with Crippen molar-refractivity contribution in [2.75, 3.05) is 24.7 Å². The fourth-order valence-corrected chi connectivity index (χ4v) is 10.1. The number of likely N-dealkylation sites (tertiary alicyclic amines) is 1. The van der Waals surface area contributed by atoms with Crippen LogP contribution in [-0.4, -0.2) is 69.6 Å². The van der Waals surface area contributed by atoms with Crippen molar-refractivity contribution in [2.24, 2.45) is 17.8 Å². The molecule has 5 rings (SSSR count). The lowest BCUT2D eigenvalue weighted by Crippen LogP contribution is -2.59. The Bertz CT molecular complexity index is 1380. The molecule has 0 aliphatic carbocycles. The minimum Gasteiger partial charge on any atom is -0.465 e. The van der Waals surface area contributed by atoms with Crippen LogP contribution in [0.4, 0.5) is 5.69 Å². The van der Waals surface area contributed by atoms with Crippen molar-refractivity contribution < 1.29 is 24.2 Å². The lowest BCUT2D eigenvalue weighted by molar-refractivity contribution is -0.154. The predicted octanol–water partition coefficient (Wildman–Crippen LogP) is 5.23. The van der Waals surface area contributed by atoms with E-state index in [9.17, 15) is 14.7 Å². The number of thioether (sulfide) groups is 1. The van der Waals surface area contributed by atoms with E-state index in [2.05, 4.69) is 20.1 Å². The maximum absolute atomic E-state index is 15.0. The molecule has 1 spiro atoms. The fraction of sp³-hybridized carbons (Fsp3) is 0.441. The first-order valence-electron chi connectivity index (χ1n) is 14.8. The summed E-state index contributed by atoms with van der Waals surface area (Å²) in [5.74, 6) is -2.45. The number of benzene rings is 2. The second-order valence-electron chi connectivity index (χ2n) is 11.7. The topological polar surface area (TPSA) is 87.2 Å². The molecule has 228 valence electrons. The number of nitrogens with zero attached hydrogens (tertiary/aromatic N) is 2. The Hall–Kier alpha value is -3.07. The smallest absolute Gasteiger partial charge is 0.310 e. The van der Waals surface area contributed by atoms with Gasteiger partial charge in [-0.05, 0) is 49.3 Å². The van der Waals surface area contributed by atoms with E-state index in [1.165, 1.54) is 0 Å². The SMILES string of the molecule is C=CCCOC(=O)[C@@H]1[C@@H]2CC(C)C3(S2)C(C(=O)N(CC=C)c2c(C)cccc2Cl)N([C@@H](CO)Cc2ccccc2)C(=O)[C@H]13. The van der Waals surface area contributed by atoms with Crippen molar-refractivity contribution in [3.63, 3.8) is 0 Å². The van der Waals surface area contributed by atoms with Crippen LogP contribution >= 0.6 is 23.4 Å². The molecule has 3 saturated heterocycles. The van der Waals surface area contributed by atoms with Gasteiger partial charge < -0.3 is 19.6 Å². The van der Waals surface area contributed by atoms with Gasteiger partial charge in [0, 0.05) is 11.8 Å². The lowest BCUT2D eigenvalue weighted by atomic mass is 9.66. The Kier molecular flexibility index (Phi) is 9.40. The Labute approximate surface area is 262 Å². The largest absolute Gasteiger partial charge is 0.465 e. The van der Waals surface area contributed by atoms with Gasteiger partial charge in [0.25, 0.3) is 5.91 Å². The number of aliphatic hydroxyl groups is 1. The second-order valence-corrected chi connectivity index (χ2v) is 13.7. The molecule has 3 aliphatic rings. The molecule has 2 bridgehead atoms. The molecule has 3 heterocycles. The Morgan fingerprint density at radius 3 is 2.60 bits per heavy atom. The van der Waals surface area contributed by atoms with Crippen LogP contribution in [0, 0.1) is 24.7 Å². The maximum Gasteiger partial charge on any atom is 0.310 e. The van der Waals surface area contributed by atoms with Crippen LogP contribution in [0.25, 0.3) is 0 Å². The van der Waals surface area contributed by atoms with Crippen molar-refractivity contribution in [2.45, 2.75) is 55.2 Å². The summed E-state index contributed by atoms with van der Waals surface area (Å²) in [7, 11) is 0. The van der Waals surface area contributed by atoms with Crippen LogP contribution in [0.2, 0.25) is 5.02 Å². The lowest BCUT2D eigenvalue weighted by Gasteiger charge is -2.42. The van der Waals surface area contributed by atoms with Crippen molar-refractivity contribution in [1.29, 1.82) is 0 Å². The predicted molar refractivity (Wildman–Crippen MR) is 171 cm³/mol. The minimum atomic E-state index is -0.933. The molecule has 3 unspecified atom stereocenters. The monoisotopic (exact) mass is 622 g/mol. The number of ether oxygens (including phenoxy) is 1. The molecule has 43 heavy (non-hydrogen) atoms. The summed E-state index contributed by atoms with van der Waals surface area (Å²) in [5.41, 5.74) is 2.32. The first kappa shape index (κ1) is 31.4. The minimum absolute atomic E-state index is 0.0402. The molecule has 2 aromatic carbocycles. The molecule has 3 fully saturated rings. The third-order valence-electron chi connectivity index (χ3n) is 9.21. The van der Waals surface area contributed by atoms with E-state index in [0.29, 0.717) is 30.0 Å². The molecular formula is C34H39ClN2O5S. The molecule has 7 atom stereocenters. The highest BCUT2D eigenvalue weighted by atomic mass is 35.5. The highest BCUT2D eigenvalue weighted by molar-refractivity contribution is 8.02. The standard InChI is InChI=1S/C34H39ClN2O5S/c1-5-7-17-42-33(41)27-26-18-22(4)34(43-26)28(27)31(39)37(24(20-38)19-23-13-9-8-10-14-23)30(34)32(40)36(16-6-2)29-21(3)12-11-15-25(29)35/h5-6,8-15,22,24,26-28,30,38H,1-2,7,16-20H2,3-4H3/t22?,24-,26+,27-,28+,30?,34?/m1/s1. The summed E-state index contributed by atoms with van der Waals surface area (Å²) in [4.78, 5) is 46.5. The van der Waals surface area contributed by atoms with Gasteiger partial charge in [0.1, 0.15) is 6.04 Å². The van der Waals surface area contributed by atoms with E-state index in [-0.39, 0.29) is 42.7 Å². The molecule has 9 heteroatoms. The highest BCUT2D eigenvalue weighted by Crippen LogP contribution is 2.69. The third-order valence-corrected chi connectivity index (χ3v) is 11.6. The van der Waals surface area contributed by atoms with Crippen molar-refractivity contribution in [1.82, 2.24) is 4.90 Å². The van der Waals surface area contributed by atoms with Crippen LogP contribution in [0.1, 0.15) is 30.9 Å². The number of hydrogen-bond acceptors (Lipinski definition) is 6.